The molecule has 1 aromatic rings. The molecule has 2 rings (SSSR count). The summed E-state index contributed by atoms with van der Waals surface area (Å²) >= 11 is 3.47. The molecular weight excluding hydrogens is 368 g/mol. The molecule has 1 aliphatic heterocycles. The summed E-state index contributed by atoms with van der Waals surface area (Å²) in [6, 6.07) is 6.08. The molecular formula is C16H24BrClN2O2. The first kappa shape index (κ1) is 19.3. The molecule has 0 aromatic heterocycles. The molecule has 1 aromatic carbocycles. The van der Waals surface area contributed by atoms with Crippen LogP contribution in [0.4, 0.5) is 0 Å². The predicted molar refractivity (Wildman–Crippen MR) is 94.6 cm³/mol. The predicted octanol–water partition coefficient (Wildman–Crippen LogP) is 3.14. The number of benzene rings is 1. The van der Waals surface area contributed by atoms with Gasteiger partial charge in [-0.15, -0.1) is 12.4 Å². The second-order valence-electron chi connectivity index (χ2n) is 5.87. The third kappa shape index (κ3) is 4.37. The van der Waals surface area contributed by atoms with Crippen LogP contribution < -0.4 is 10.5 Å². The van der Waals surface area contributed by atoms with Gasteiger partial charge in [-0.25, -0.2) is 0 Å². The lowest BCUT2D eigenvalue weighted by atomic mass is 10.1. The molecule has 3 unspecified atom stereocenters. The molecule has 124 valence electrons. The minimum atomic E-state index is -0.497. The van der Waals surface area contributed by atoms with E-state index in [0.717, 1.165) is 23.0 Å². The van der Waals surface area contributed by atoms with Crippen LogP contribution in [-0.2, 0) is 4.79 Å². The summed E-state index contributed by atoms with van der Waals surface area (Å²) in [5, 5.41) is 0. The molecule has 22 heavy (non-hydrogen) atoms. The number of likely N-dealkylation sites (tertiary alicyclic amines) is 1. The van der Waals surface area contributed by atoms with E-state index in [1.807, 2.05) is 30.0 Å². The van der Waals surface area contributed by atoms with Crippen LogP contribution in [0.15, 0.2) is 22.7 Å². The quantitative estimate of drug-likeness (QED) is 0.858. The molecule has 3 atom stereocenters. The summed E-state index contributed by atoms with van der Waals surface area (Å²) < 4.78 is 6.69. The van der Waals surface area contributed by atoms with Gasteiger partial charge in [0.15, 0.2) is 6.10 Å². The van der Waals surface area contributed by atoms with E-state index in [1.54, 1.807) is 6.92 Å². The van der Waals surface area contributed by atoms with Crippen molar-refractivity contribution in [1.29, 1.82) is 0 Å². The molecule has 0 aliphatic carbocycles. The Morgan fingerprint density at radius 2 is 2.23 bits per heavy atom. The van der Waals surface area contributed by atoms with Gasteiger partial charge in [-0.3, -0.25) is 4.79 Å². The summed E-state index contributed by atoms with van der Waals surface area (Å²) in [5.74, 6) is 1.14. The molecule has 1 amide bonds. The first-order valence-electron chi connectivity index (χ1n) is 7.35. The van der Waals surface area contributed by atoms with Crippen LogP contribution in [0, 0.1) is 12.8 Å². The molecule has 1 fully saturated rings. The van der Waals surface area contributed by atoms with Crippen molar-refractivity contribution in [3.63, 3.8) is 0 Å². The van der Waals surface area contributed by atoms with E-state index in [2.05, 4.69) is 22.9 Å². The third-order valence-corrected chi connectivity index (χ3v) is 4.64. The monoisotopic (exact) mass is 390 g/mol. The number of halogens is 2. The number of ether oxygens (including phenoxy) is 1. The van der Waals surface area contributed by atoms with Gasteiger partial charge in [0.1, 0.15) is 5.75 Å². The maximum atomic E-state index is 12.5. The number of nitrogens with two attached hydrogens (primary N) is 1. The van der Waals surface area contributed by atoms with Crippen molar-refractivity contribution >= 4 is 34.2 Å². The zero-order chi connectivity index (χ0) is 15.6. The van der Waals surface area contributed by atoms with Crippen molar-refractivity contribution < 1.29 is 9.53 Å². The summed E-state index contributed by atoms with van der Waals surface area (Å²) in [5.41, 5.74) is 6.86. The van der Waals surface area contributed by atoms with Crippen LogP contribution in [0.25, 0.3) is 0 Å². The molecule has 1 aliphatic rings. The van der Waals surface area contributed by atoms with E-state index in [9.17, 15) is 4.79 Å². The Balaban J connectivity index is 0.00000242. The fourth-order valence-corrected chi connectivity index (χ4v) is 3.38. The van der Waals surface area contributed by atoms with Crippen LogP contribution in [0.1, 0.15) is 25.8 Å². The van der Waals surface area contributed by atoms with Crippen LogP contribution in [0.2, 0.25) is 0 Å². The molecule has 0 radical (unpaired) electrons. The molecule has 0 spiro atoms. The van der Waals surface area contributed by atoms with Crippen molar-refractivity contribution in [2.24, 2.45) is 11.7 Å². The zero-order valence-electron chi connectivity index (χ0n) is 13.2. The lowest BCUT2D eigenvalue weighted by molar-refractivity contribution is -0.138. The Morgan fingerprint density at radius 3 is 2.77 bits per heavy atom. The fourth-order valence-electron chi connectivity index (χ4n) is 2.80. The zero-order valence-corrected chi connectivity index (χ0v) is 15.6. The Bertz CT molecular complexity index is 527. The van der Waals surface area contributed by atoms with Crippen molar-refractivity contribution in [1.82, 2.24) is 4.90 Å². The number of carbonyl (C=O) groups is 1. The molecule has 1 heterocycles. The molecule has 1 saturated heterocycles. The minimum Gasteiger partial charge on any atom is -0.480 e. The lowest BCUT2D eigenvalue weighted by Crippen LogP contribution is -2.42. The number of hydrogen-bond donors (Lipinski definition) is 1. The van der Waals surface area contributed by atoms with Gasteiger partial charge in [-0.1, -0.05) is 6.07 Å². The Hall–Kier alpha value is -0.780. The molecule has 4 nitrogen and oxygen atoms in total. The van der Waals surface area contributed by atoms with Crippen LogP contribution >= 0.6 is 28.3 Å². The summed E-state index contributed by atoms with van der Waals surface area (Å²) in [6.07, 6.45) is 0.478. The van der Waals surface area contributed by atoms with E-state index < -0.39 is 6.10 Å². The second kappa shape index (κ2) is 8.18. The van der Waals surface area contributed by atoms with Crippen molar-refractivity contribution in [3.05, 3.63) is 28.2 Å². The van der Waals surface area contributed by atoms with Gasteiger partial charge in [0.25, 0.3) is 5.91 Å². The number of nitrogens with zero attached hydrogens (tertiary/aromatic N) is 1. The first-order valence-corrected chi connectivity index (χ1v) is 8.15. The Kier molecular flexibility index (Phi) is 7.16. The van der Waals surface area contributed by atoms with Gasteiger partial charge < -0.3 is 15.4 Å². The topological polar surface area (TPSA) is 55.6 Å². The number of carbonyl (C=O) groups excluding carboxylic acids is 1. The summed E-state index contributed by atoms with van der Waals surface area (Å²) in [4.78, 5) is 14.4. The van der Waals surface area contributed by atoms with Gasteiger partial charge in [0, 0.05) is 12.6 Å². The van der Waals surface area contributed by atoms with E-state index in [1.165, 1.54) is 0 Å². The average molecular weight is 392 g/mol. The Labute approximate surface area is 146 Å². The van der Waals surface area contributed by atoms with Crippen LogP contribution in [0.5, 0.6) is 5.75 Å². The number of amides is 1. The lowest BCUT2D eigenvalue weighted by Gasteiger charge is -2.25. The van der Waals surface area contributed by atoms with E-state index >= 15 is 0 Å². The summed E-state index contributed by atoms with van der Waals surface area (Å²) in [7, 11) is 0. The van der Waals surface area contributed by atoms with Crippen molar-refractivity contribution in [2.75, 3.05) is 13.1 Å². The smallest absolute Gasteiger partial charge is 0.263 e. The highest BCUT2D eigenvalue weighted by atomic mass is 79.9. The van der Waals surface area contributed by atoms with Crippen molar-refractivity contribution in [2.45, 2.75) is 39.3 Å². The number of rotatable bonds is 4. The minimum absolute atomic E-state index is 0. The fraction of sp³-hybridized carbons (Fsp3) is 0.562. The summed E-state index contributed by atoms with van der Waals surface area (Å²) in [6.45, 7) is 7.26. The number of hydrogen-bond acceptors (Lipinski definition) is 3. The molecule has 2 N–H and O–H groups in total. The molecule has 6 heteroatoms. The first-order chi connectivity index (χ1) is 9.92. The third-order valence-electron chi connectivity index (χ3n) is 4.02. The van der Waals surface area contributed by atoms with Gasteiger partial charge in [0.2, 0.25) is 0 Å². The molecule has 0 saturated carbocycles. The second-order valence-corrected chi connectivity index (χ2v) is 6.73. The van der Waals surface area contributed by atoms with Gasteiger partial charge in [-0.2, -0.15) is 0 Å². The average Bonchev–Trinajstić information content (AvgIpc) is 2.82. The number of aryl methyl sites for hydroxylation is 1. The van der Waals surface area contributed by atoms with E-state index in [4.69, 9.17) is 10.5 Å². The van der Waals surface area contributed by atoms with E-state index in [0.29, 0.717) is 18.2 Å². The SMILES string of the molecule is Cc1ccc(OC(C)C(=O)N2CC(CN)CC2C)c(Br)c1.Cl. The van der Waals surface area contributed by atoms with E-state index in [-0.39, 0.29) is 24.4 Å². The van der Waals surface area contributed by atoms with Crippen LogP contribution in [0.3, 0.4) is 0 Å². The van der Waals surface area contributed by atoms with Gasteiger partial charge in [0.05, 0.1) is 4.47 Å². The maximum absolute atomic E-state index is 12.5. The standard InChI is InChI=1S/C16H23BrN2O2.ClH/c1-10-4-5-15(14(17)6-10)21-12(3)16(20)19-9-13(8-18)7-11(19)2;/h4-6,11-13H,7-9,18H2,1-3H3;1H. The van der Waals surface area contributed by atoms with Gasteiger partial charge >= 0.3 is 0 Å². The van der Waals surface area contributed by atoms with Crippen LogP contribution in [-0.4, -0.2) is 36.0 Å². The highest BCUT2D eigenvalue weighted by molar-refractivity contribution is 9.10. The molecule has 0 bridgehead atoms. The highest BCUT2D eigenvalue weighted by Crippen LogP contribution is 2.28. The highest BCUT2D eigenvalue weighted by Gasteiger charge is 2.34. The maximum Gasteiger partial charge on any atom is 0.263 e. The van der Waals surface area contributed by atoms with Gasteiger partial charge in [-0.05, 0) is 73.3 Å². The normalized spacial score (nSPS) is 22.1. The largest absolute Gasteiger partial charge is 0.480 e. The Morgan fingerprint density at radius 1 is 1.55 bits per heavy atom. The van der Waals surface area contributed by atoms with Crippen molar-refractivity contribution in [3.8, 4) is 5.75 Å².